The van der Waals surface area contributed by atoms with Gasteiger partial charge in [0, 0.05) is 24.7 Å². The molecule has 2 atom stereocenters. The number of hydrogen-bond acceptors (Lipinski definition) is 4. The number of anilines is 1. The number of hydrogen-bond donors (Lipinski definition) is 2. The first kappa shape index (κ1) is 21.3. The number of benzene rings is 1. The van der Waals surface area contributed by atoms with Crippen molar-refractivity contribution < 1.29 is 19.2 Å². The molecule has 0 unspecified atom stereocenters. The van der Waals surface area contributed by atoms with Crippen LogP contribution in [-0.2, 0) is 14.4 Å². The Balaban J connectivity index is 1.30. The summed E-state index contributed by atoms with van der Waals surface area (Å²) in [6.45, 7) is 2.64. The zero-order chi connectivity index (χ0) is 22.0. The fourth-order valence-electron chi connectivity index (χ4n) is 5.03. The number of carbonyl (C=O) groups is 4. The average molecular weight is 427 g/mol. The number of amides is 5. The molecule has 8 nitrogen and oxygen atoms in total. The van der Waals surface area contributed by atoms with Gasteiger partial charge >= 0.3 is 6.03 Å². The van der Waals surface area contributed by atoms with E-state index in [1.165, 1.54) is 0 Å². The molecule has 1 aromatic carbocycles. The summed E-state index contributed by atoms with van der Waals surface area (Å²) in [7, 11) is 0. The monoisotopic (exact) mass is 426 g/mol. The summed E-state index contributed by atoms with van der Waals surface area (Å²) in [6, 6.07) is 8.84. The fraction of sp³-hybridized carbons (Fsp3) is 0.565. The van der Waals surface area contributed by atoms with Gasteiger partial charge in [0.1, 0.15) is 12.1 Å². The van der Waals surface area contributed by atoms with E-state index < -0.39 is 11.6 Å². The molecule has 5 amide bonds. The molecule has 0 bridgehead atoms. The normalized spacial score (nSPS) is 26.8. The van der Waals surface area contributed by atoms with Gasteiger partial charge in [-0.25, -0.2) is 4.79 Å². The molecule has 31 heavy (non-hydrogen) atoms. The Morgan fingerprint density at radius 2 is 1.81 bits per heavy atom. The van der Waals surface area contributed by atoms with Gasteiger partial charge < -0.3 is 15.5 Å². The number of imide groups is 1. The minimum atomic E-state index is -0.849. The van der Waals surface area contributed by atoms with Crippen molar-refractivity contribution in [1.29, 1.82) is 0 Å². The molecule has 2 N–H and O–H groups in total. The van der Waals surface area contributed by atoms with Crippen molar-refractivity contribution in [3.05, 3.63) is 30.3 Å². The van der Waals surface area contributed by atoms with Gasteiger partial charge in [-0.3, -0.25) is 19.3 Å². The lowest BCUT2D eigenvalue weighted by atomic mass is 9.73. The van der Waals surface area contributed by atoms with E-state index in [-0.39, 0.29) is 36.1 Å². The first-order chi connectivity index (χ1) is 14.9. The maximum atomic E-state index is 13.1. The van der Waals surface area contributed by atoms with E-state index in [0.717, 1.165) is 29.8 Å². The zero-order valence-electron chi connectivity index (χ0n) is 17.9. The molecule has 2 aliphatic heterocycles. The first-order valence-electron chi connectivity index (χ1n) is 11.2. The fourth-order valence-corrected chi connectivity index (χ4v) is 5.03. The Morgan fingerprint density at radius 1 is 1.10 bits per heavy atom. The maximum absolute atomic E-state index is 13.1. The van der Waals surface area contributed by atoms with E-state index in [4.69, 9.17) is 0 Å². The quantitative estimate of drug-likeness (QED) is 0.722. The van der Waals surface area contributed by atoms with E-state index >= 15 is 0 Å². The predicted molar refractivity (Wildman–Crippen MR) is 115 cm³/mol. The highest BCUT2D eigenvalue weighted by Gasteiger charge is 2.55. The van der Waals surface area contributed by atoms with Crippen LogP contribution in [0.4, 0.5) is 10.5 Å². The van der Waals surface area contributed by atoms with Crippen LogP contribution >= 0.6 is 0 Å². The number of para-hydroxylation sites is 1. The molecule has 1 saturated carbocycles. The second kappa shape index (κ2) is 8.69. The standard InChI is InChI=1S/C23H30N4O4/c1-16-7-5-6-12-23(16)21(30)27(22(31)25-23)15-19(28)26-13-10-17(11-14-26)20(29)24-18-8-3-2-4-9-18/h2-4,8-9,16-17H,5-7,10-15H2,1H3,(H,24,29)(H,25,31)/t16-,23-/m0/s1. The Bertz CT molecular complexity index is 866. The van der Waals surface area contributed by atoms with Crippen LogP contribution in [0.15, 0.2) is 30.3 Å². The summed E-state index contributed by atoms with van der Waals surface area (Å²) in [4.78, 5) is 53.6. The molecular weight excluding hydrogens is 396 g/mol. The minimum Gasteiger partial charge on any atom is -0.341 e. The molecule has 3 fully saturated rings. The molecule has 0 aromatic heterocycles. The van der Waals surface area contributed by atoms with Crippen molar-refractivity contribution in [2.24, 2.45) is 11.8 Å². The van der Waals surface area contributed by atoms with Crippen LogP contribution in [-0.4, -0.2) is 58.7 Å². The van der Waals surface area contributed by atoms with Gasteiger partial charge in [0.25, 0.3) is 5.91 Å². The van der Waals surface area contributed by atoms with E-state index in [1.54, 1.807) is 4.90 Å². The number of rotatable bonds is 4. The topological polar surface area (TPSA) is 98.8 Å². The van der Waals surface area contributed by atoms with Crippen LogP contribution in [0.2, 0.25) is 0 Å². The first-order valence-corrected chi connectivity index (χ1v) is 11.2. The molecular formula is C23H30N4O4. The number of nitrogens with zero attached hydrogens (tertiary/aromatic N) is 2. The molecule has 166 valence electrons. The van der Waals surface area contributed by atoms with E-state index in [2.05, 4.69) is 10.6 Å². The van der Waals surface area contributed by atoms with Gasteiger partial charge in [-0.2, -0.15) is 0 Å². The molecule has 8 heteroatoms. The smallest absolute Gasteiger partial charge is 0.325 e. The SMILES string of the molecule is C[C@H]1CCCC[C@]12NC(=O)N(CC(=O)N1CCC(C(=O)Nc3ccccc3)CC1)C2=O. The van der Waals surface area contributed by atoms with Gasteiger partial charge in [-0.1, -0.05) is 38.0 Å². The Kier molecular flexibility index (Phi) is 5.98. The molecule has 1 aliphatic carbocycles. The summed E-state index contributed by atoms with van der Waals surface area (Å²) in [6.07, 6.45) is 4.60. The molecule has 2 heterocycles. The van der Waals surface area contributed by atoms with Gasteiger partial charge in [-0.05, 0) is 43.7 Å². The molecule has 1 spiro atoms. The van der Waals surface area contributed by atoms with Crippen molar-refractivity contribution in [2.45, 2.75) is 51.0 Å². The van der Waals surface area contributed by atoms with Crippen molar-refractivity contribution in [1.82, 2.24) is 15.1 Å². The highest BCUT2D eigenvalue weighted by atomic mass is 16.2. The van der Waals surface area contributed by atoms with E-state index in [9.17, 15) is 19.2 Å². The maximum Gasteiger partial charge on any atom is 0.325 e. The highest BCUT2D eigenvalue weighted by Crippen LogP contribution is 2.38. The largest absolute Gasteiger partial charge is 0.341 e. The predicted octanol–water partition coefficient (Wildman–Crippen LogP) is 2.36. The average Bonchev–Trinajstić information content (AvgIpc) is 3.01. The Hall–Kier alpha value is -2.90. The number of carbonyl (C=O) groups excluding carboxylic acids is 4. The van der Waals surface area contributed by atoms with Gasteiger partial charge in [0.2, 0.25) is 11.8 Å². The third-order valence-corrected chi connectivity index (χ3v) is 7.05. The Labute approximate surface area is 182 Å². The summed E-state index contributed by atoms with van der Waals surface area (Å²) < 4.78 is 0. The lowest BCUT2D eigenvalue weighted by molar-refractivity contribution is -0.141. The van der Waals surface area contributed by atoms with E-state index in [1.807, 2.05) is 37.3 Å². The number of urea groups is 1. The second-order valence-electron chi connectivity index (χ2n) is 8.95. The van der Waals surface area contributed by atoms with Gasteiger partial charge in [0.15, 0.2) is 0 Å². The number of piperidine rings is 1. The Morgan fingerprint density at radius 3 is 2.48 bits per heavy atom. The van der Waals surface area contributed by atoms with Gasteiger partial charge in [-0.15, -0.1) is 0 Å². The lowest BCUT2D eigenvalue weighted by Crippen LogP contribution is -2.54. The second-order valence-corrected chi connectivity index (χ2v) is 8.95. The molecule has 4 rings (SSSR count). The van der Waals surface area contributed by atoms with Crippen LogP contribution in [0.3, 0.4) is 0 Å². The van der Waals surface area contributed by atoms with Crippen molar-refractivity contribution in [2.75, 3.05) is 25.0 Å². The third-order valence-electron chi connectivity index (χ3n) is 7.05. The van der Waals surface area contributed by atoms with Crippen LogP contribution in [0, 0.1) is 11.8 Å². The third kappa shape index (κ3) is 4.16. The highest BCUT2D eigenvalue weighted by molar-refractivity contribution is 6.09. The summed E-state index contributed by atoms with van der Waals surface area (Å²) in [5, 5.41) is 5.80. The van der Waals surface area contributed by atoms with Crippen LogP contribution in [0.25, 0.3) is 0 Å². The van der Waals surface area contributed by atoms with Crippen LogP contribution in [0.1, 0.15) is 45.4 Å². The lowest BCUT2D eigenvalue weighted by Gasteiger charge is -2.37. The molecule has 2 saturated heterocycles. The number of nitrogens with one attached hydrogen (secondary N) is 2. The summed E-state index contributed by atoms with van der Waals surface area (Å²) in [5.74, 6) is -0.647. The van der Waals surface area contributed by atoms with Gasteiger partial charge in [0.05, 0.1) is 0 Å². The summed E-state index contributed by atoms with van der Waals surface area (Å²) in [5.41, 5.74) is -0.0894. The zero-order valence-corrected chi connectivity index (χ0v) is 17.9. The van der Waals surface area contributed by atoms with Crippen molar-refractivity contribution in [3.8, 4) is 0 Å². The molecule has 1 aromatic rings. The van der Waals surface area contributed by atoms with Crippen LogP contribution in [0.5, 0.6) is 0 Å². The van der Waals surface area contributed by atoms with Crippen molar-refractivity contribution in [3.63, 3.8) is 0 Å². The minimum absolute atomic E-state index is 0.0411. The summed E-state index contributed by atoms with van der Waals surface area (Å²) >= 11 is 0. The van der Waals surface area contributed by atoms with Crippen molar-refractivity contribution >= 4 is 29.4 Å². The van der Waals surface area contributed by atoms with E-state index in [0.29, 0.717) is 32.4 Å². The molecule has 0 radical (unpaired) electrons. The number of likely N-dealkylation sites (tertiary alicyclic amines) is 1. The van der Waals surface area contributed by atoms with Crippen LogP contribution < -0.4 is 10.6 Å². The molecule has 3 aliphatic rings.